The summed E-state index contributed by atoms with van der Waals surface area (Å²) in [5.74, 6) is 1.34. The van der Waals surface area contributed by atoms with Gasteiger partial charge in [-0.05, 0) is 24.6 Å². The van der Waals surface area contributed by atoms with Crippen LogP contribution in [0.15, 0.2) is 35.1 Å². The van der Waals surface area contributed by atoms with E-state index in [1.54, 1.807) is 42.7 Å². The van der Waals surface area contributed by atoms with Crippen LogP contribution >= 0.6 is 0 Å². The highest BCUT2D eigenvalue weighted by atomic mass is 16.6. The number of aliphatic hydroxyl groups excluding tert-OH is 2. The first-order valence-electron chi connectivity index (χ1n) is 10.8. The second-order valence-electron chi connectivity index (χ2n) is 8.05. The first-order valence-corrected chi connectivity index (χ1v) is 10.8. The number of aliphatic hydroxyl groups is 2. The smallest absolute Gasteiger partial charge is 0.245 e. The van der Waals surface area contributed by atoms with Crippen molar-refractivity contribution in [2.24, 2.45) is 0 Å². The number of benzene rings is 1. The van der Waals surface area contributed by atoms with Crippen LogP contribution in [0.1, 0.15) is 36.0 Å². The number of hydrogen-bond donors (Lipinski definition) is 3. The first-order chi connectivity index (χ1) is 16.9. The molecule has 1 aliphatic heterocycles. The van der Waals surface area contributed by atoms with Gasteiger partial charge in [0.1, 0.15) is 25.1 Å². The van der Waals surface area contributed by atoms with E-state index in [9.17, 15) is 10.2 Å². The molecule has 0 aliphatic carbocycles. The molecule has 13 nitrogen and oxygen atoms in total. The molecular weight excluding hydrogens is 456 g/mol. The van der Waals surface area contributed by atoms with Gasteiger partial charge in [0.05, 0.1) is 24.3 Å². The Morgan fingerprint density at radius 3 is 2.63 bits per heavy atom. The number of aromatic nitrogens is 6. The molecule has 0 radical (unpaired) electrons. The van der Waals surface area contributed by atoms with E-state index in [1.807, 2.05) is 0 Å². The Balaban J connectivity index is 1.49. The average Bonchev–Trinajstić information content (AvgIpc) is 3.53. The van der Waals surface area contributed by atoms with Crippen LogP contribution in [0.5, 0.6) is 5.88 Å². The van der Waals surface area contributed by atoms with E-state index < -0.39 is 24.5 Å². The van der Waals surface area contributed by atoms with Crippen molar-refractivity contribution in [3.05, 3.63) is 53.4 Å². The number of rotatable bonds is 7. The van der Waals surface area contributed by atoms with Crippen LogP contribution in [0.25, 0.3) is 11.2 Å². The molecule has 13 heteroatoms. The van der Waals surface area contributed by atoms with Crippen molar-refractivity contribution >= 4 is 17.1 Å². The number of nitriles is 1. The Labute approximate surface area is 199 Å². The van der Waals surface area contributed by atoms with Crippen LogP contribution in [-0.4, -0.2) is 58.2 Å². The fourth-order valence-corrected chi connectivity index (χ4v) is 3.80. The zero-order valence-electron chi connectivity index (χ0n) is 18.9. The summed E-state index contributed by atoms with van der Waals surface area (Å²) in [5, 5.41) is 36.9. The second kappa shape index (κ2) is 9.26. The van der Waals surface area contributed by atoms with Gasteiger partial charge in [0, 0.05) is 6.92 Å². The van der Waals surface area contributed by atoms with Crippen molar-refractivity contribution < 1.29 is 24.2 Å². The quantitative estimate of drug-likeness (QED) is 0.346. The molecule has 35 heavy (non-hydrogen) atoms. The lowest BCUT2D eigenvalue weighted by Gasteiger charge is -2.19. The van der Waals surface area contributed by atoms with Gasteiger partial charge in [0.15, 0.2) is 23.2 Å². The minimum atomic E-state index is -1.21. The van der Waals surface area contributed by atoms with Crippen LogP contribution in [-0.2, 0) is 17.9 Å². The maximum Gasteiger partial charge on any atom is 0.245 e. The molecule has 0 spiro atoms. The number of anilines is 1. The average molecular weight is 478 g/mol. The Hall–Kier alpha value is -4.12. The monoisotopic (exact) mass is 478 g/mol. The molecule has 1 aliphatic rings. The fraction of sp³-hybridized carbons (Fsp3) is 0.364. The number of ether oxygens (including phenoxy) is 2. The van der Waals surface area contributed by atoms with Gasteiger partial charge in [-0.2, -0.15) is 15.2 Å². The predicted molar refractivity (Wildman–Crippen MR) is 119 cm³/mol. The van der Waals surface area contributed by atoms with Gasteiger partial charge in [-0.1, -0.05) is 17.3 Å². The highest BCUT2D eigenvalue weighted by molar-refractivity contribution is 5.79. The topological polar surface area (TPSA) is 177 Å². The first kappa shape index (κ1) is 22.7. The van der Waals surface area contributed by atoms with E-state index in [1.165, 1.54) is 6.33 Å². The molecule has 0 bridgehead atoms. The molecule has 1 saturated heterocycles. The van der Waals surface area contributed by atoms with E-state index in [0.29, 0.717) is 28.4 Å². The van der Waals surface area contributed by atoms with Gasteiger partial charge < -0.3 is 29.5 Å². The largest absolute Gasteiger partial charge is 0.471 e. The zero-order chi connectivity index (χ0) is 24.5. The van der Waals surface area contributed by atoms with Crippen LogP contribution < -0.4 is 10.1 Å². The fourth-order valence-electron chi connectivity index (χ4n) is 3.80. The summed E-state index contributed by atoms with van der Waals surface area (Å²) >= 11 is 0. The molecular formula is C22H22N8O5. The SMILES string of the molecule is Cc1nc(CNc2nc3c(OCc4ccc(C#N)cc4)ncnc3n2[C@@H]2O[C@H](C)[C@@H](O)[C@H]2O)no1. The summed E-state index contributed by atoms with van der Waals surface area (Å²) in [5.41, 5.74) is 2.06. The van der Waals surface area contributed by atoms with Crippen molar-refractivity contribution in [1.29, 1.82) is 5.26 Å². The lowest BCUT2D eigenvalue weighted by atomic mass is 10.1. The van der Waals surface area contributed by atoms with E-state index in [2.05, 4.69) is 36.5 Å². The molecule has 4 atom stereocenters. The van der Waals surface area contributed by atoms with Crippen molar-refractivity contribution in [1.82, 2.24) is 29.7 Å². The third-order valence-electron chi connectivity index (χ3n) is 5.61. The molecule has 0 amide bonds. The number of nitrogens with zero attached hydrogens (tertiary/aromatic N) is 7. The van der Waals surface area contributed by atoms with Gasteiger partial charge in [0.25, 0.3) is 0 Å². The molecule has 4 heterocycles. The highest BCUT2D eigenvalue weighted by Crippen LogP contribution is 2.36. The van der Waals surface area contributed by atoms with Crippen LogP contribution in [0, 0.1) is 18.3 Å². The number of imidazole rings is 1. The molecule has 5 rings (SSSR count). The highest BCUT2D eigenvalue weighted by Gasteiger charge is 2.43. The van der Waals surface area contributed by atoms with Crippen molar-refractivity contribution in [3.8, 4) is 11.9 Å². The lowest BCUT2D eigenvalue weighted by Crippen LogP contribution is -2.30. The standard InChI is InChI=1S/C22H22N8O5/c1-11-17(31)18(32)21(34-11)30-19-16(28-22(30)24-8-15-27-12(2)35-29-15)20(26-10-25-19)33-9-14-5-3-13(7-23)4-6-14/h3-6,10-11,17-18,21,31-32H,8-9H2,1-2H3,(H,24,28)/t11-,17-,18-,21-/m1/s1. The van der Waals surface area contributed by atoms with E-state index in [-0.39, 0.29) is 25.0 Å². The van der Waals surface area contributed by atoms with Crippen LogP contribution in [0.3, 0.4) is 0 Å². The molecule has 0 saturated carbocycles. The molecule has 1 fully saturated rings. The van der Waals surface area contributed by atoms with Gasteiger partial charge in [0.2, 0.25) is 17.7 Å². The Bertz CT molecular complexity index is 1380. The molecule has 3 aromatic heterocycles. The van der Waals surface area contributed by atoms with E-state index >= 15 is 0 Å². The van der Waals surface area contributed by atoms with Crippen LogP contribution in [0.4, 0.5) is 5.95 Å². The molecule has 0 unspecified atom stereocenters. The summed E-state index contributed by atoms with van der Waals surface area (Å²) in [6.45, 7) is 3.72. The minimum Gasteiger partial charge on any atom is -0.471 e. The maximum absolute atomic E-state index is 10.6. The van der Waals surface area contributed by atoms with Gasteiger partial charge >= 0.3 is 0 Å². The number of hydrogen-bond acceptors (Lipinski definition) is 12. The predicted octanol–water partition coefficient (Wildman–Crippen LogP) is 1.22. The number of nitrogens with one attached hydrogen (secondary N) is 1. The summed E-state index contributed by atoms with van der Waals surface area (Å²) in [7, 11) is 0. The van der Waals surface area contributed by atoms with Gasteiger partial charge in [-0.15, -0.1) is 0 Å². The summed E-state index contributed by atoms with van der Waals surface area (Å²) in [6.07, 6.45) is -2.54. The van der Waals surface area contributed by atoms with Crippen molar-refractivity contribution in [3.63, 3.8) is 0 Å². The Morgan fingerprint density at radius 2 is 1.97 bits per heavy atom. The minimum absolute atomic E-state index is 0.177. The van der Waals surface area contributed by atoms with Crippen LogP contribution in [0.2, 0.25) is 0 Å². The third kappa shape index (κ3) is 4.37. The number of fused-ring (bicyclic) bond motifs is 1. The summed E-state index contributed by atoms with van der Waals surface area (Å²) < 4.78 is 18.3. The van der Waals surface area contributed by atoms with E-state index in [0.717, 1.165) is 5.56 Å². The molecule has 1 aromatic carbocycles. The number of aryl methyl sites for hydroxylation is 1. The second-order valence-corrected chi connectivity index (χ2v) is 8.05. The Morgan fingerprint density at radius 1 is 1.17 bits per heavy atom. The maximum atomic E-state index is 10.6. The normalized spacial score (nSPS) is 21.8. The molecule has 3 N–H and O–H groups in total. The molecule has 4 aromatic rings. The third-order valence-corrected chi connectivity index (χ3v) is 5.61. The molecule has 180 valence electrons. The van der Waals surface area contributed by atoms with Gasteiger partial charge in [-0.3, -0.25) is 4.57 Å². The zero-order valence-corrected chi connectivity index (χ0v) is 18.9. The van der Waals surface area contributed by atoms with Crippen molar-refractivity contribution in [2.75, 3.05) is 5.32 Å². The Kier molecular flexibility index (Phi) is 6.00. The van der Waals surface area contributed by atoms with Gasteiger partial charge in [-0.25, -0.2) is 9.97 Å². The van der Waals surface area contributed by atoms with E-state index in [4.69, 9.17) is 19.3 Å². The lowest BCUT2D eigenvalue weighted by molar-refractivity contribution is -0.0287. The van der Waals surface area contributed by atoms with Crippen molar-refractivity contribution in [2.45, 2.75) is 51.5 Å². The summed E-state index contributed by atoms with van der Waals surface area (Å²) in [4.78, 5) is 17.3. The summed E-state index contributed by atoms with van der Waals surface area (Å²) in [6, 6.07) is 9.07.